The van der Waals surface area contributed by atoms with Crippen LogP contribution in [0.15, 0.2) is 48.5 Å². The van der Waals surface area contributed by atoms with Crippen molar-refractivity contribution in [3.8, 4) is 0 Å². The second-order valence-corrected chi connectivity index (χ2v) is 3.66. The lowest BCUT2D eigenvalue weighted by molar-refractivity contribution is 1.19. The summed E-state index contributed by atoms with van der Waals surface area (Å²) in [4.78, 5) is 0. The Kier molecular flexibility index (Phi) is 2.59. The van der Waals surface area contributed by atoms with Gasteiger partial charge in [0, 0.05) is 11.4 Å². The van der Waals surface area contributed by atoms with Gasteiger partial charge in [0.15, 0.2) is 0 Å². The van der Waals surface area contributed by atoms with Gasteiger partial charge in [0.2, 0.25) is 0 Å². The molecule has 0 aromatic heterocycles. The molecule has 2 heteroatoms. The van der Waals surface area contributed by atoms with Gasteiger partial charge in [-0.15, -0.1) is 0 Å². The number of benzene rings is 2. The predicted molar refractivity (Wildman–Crippen MR) is 64.5 cm³/mol. The highest BCUT2D eigenvalue weighted by Gasteiger charge is 1.95. The summed E-state index contributed by atoms with van der Waals surface area (Å²) in [6.45, 7) is 0. The third kappa shape index (κ3) is 2.50. The molecule has 0 atom stereocenters. The molecule has 0 aliphatic rings. The molecule has 0 saturated heterocycles. The van der Waals surface area contributed by atoms with Crippen LogP contribution in [0.4, 0.5) is 11.4 Å². The summed E-state index contributed by atoms with van der Waals surface area (Å²) >= 11 is 0. The van der Waals surface area contributed by atoms with E-state index in [1.807, 2.05) is 48.5 Å². The summed E-state index contributed by atoms with van der Waals surface area (Å²) in [6.07, 6.45) is 0.917. The molecular weight excluding hydrogens is 185 g/mol. The second-order valence-electron chi connectivity index (χ2n) is 3.66. The number of rotatable bonds is 2. The van der Waals surface area contributed by atoms with Crippen LogP contribution in [-0.4, -0.2) is 0 Å². The minimum Gasteiger partial charge on any atom is -0.399 e. The molecule has 2 aromatic rings. The zero-order chi connectivity index (χ0) is 10.7. The molecule has 2 rings (SSSR count). The first-order valence-corrected chi connectivity index (χ1v) is 4.93. The molecule has 4 N–H and O–H groups in total. The molecule has 0 aliphatic carbocycles. The molecule has 0 unspecified atom stereocenters. The Bertz CT molecular complexity index is 386. The van der Waals surface area contributed by atoms with E-state index in [4.69, 9.17) is 11.5 Å². The monoisotopic (exact) mass is 199 g/mol. The van der Waals surface area contributed by atoms with Crippen molar-refractivity contribution in [2.45, 2.75) is 6.42 Å². The van der Waals surface area contributed by atoms with E-state index in [0.29, 0.717) is 0 Å². The molecule has 2 nitrogen and oxygen atoms in total. The Morgan fingerprint density at radius 2 is 0.933 bits per heavy atom. The average Bonchev–Trinajstić information content (AvgIpc) is 2.25. The molecule has 0 aliphatic heterocycles. The van der Waals surface area contributed by atoms with Gasteiger partial charge in [-0.05, 0) is 41.8 Å². The van der Waals surface area contributed by atoms with Crippen molar-refractivity contribution < 1.29 is 0 Å². The van der Waals surface area contributed by atoms with Crippen LogP contribution in [0.3, 0.4) is 0 Å². The van der Waals surface area contributed by atoms with Crippen LogP contribution in [0.1, 0.15) is 11.1 Å². The predicted octanol–water partition coefficient (Wildman–Crippen LogP) is 2.44. The topological polar surface area (TPSA) is 52.0 Å². The summed E-state index contributed by atoms with van der Waals surface area (Å²) < 4.78 is 0. The van der Waals surface area contributed by atoms with E-state index in [2.05, 4.69) is 0 Å². The van der Waals surface area contributed by atoms with E-state index >= 15 is 0 Å². The normalized spacial score (nSPS) is 10.1. The molecular formula is C13H14N2. The molecule has 0 heterocycles. The van der Waals surface area contributed by atoms with Crippen molar-refractivity contribution in [1.29, 1.82) is 0 Å². The first-order chi connectivity index (χ1) is 7.24. The van der Waals surface area contributed by atoms with Gasteiger partial charge in [0.1, 0.15) is 0 Å². The van der Waals surface area contributed by atoms with Gasteiger partial charge in [0.25, 0.3) is 0 Å². The molecule has 15 heavy (non-hydrogen) atoms. The van der Waals surface area contributed by atoms with Crippen LogP contribution in [0.2, 0.25) is 0 Å². The molecule has 0 fully saturated rings. The van der Waals surface area contributed by atoms with Gasteiger partial charge >= 0.3 is 0 Å². The fourth-order valence-corrected chi connectivity index (χ4v) is 1.51. The number of nitrogen functional groups attached to an aromatic ring is 2. The minimum absolute atomic E-state index is 0.802. The number of hydrogen-bond donors (Lipinski definition) is 2. The van der Waals surface area contributed by atoms with E-state index in [-0.39, 0.29) is 0 Å². The highest BCUT2D eigenvalue weighted by atomic mass is 14.5. The minimum atomic E-state index is 0.802. The van der Waals surface area contributed by atoms with Crippen LogP contribution in [0.25, 0.3) is 0 Å². The van der Waals surface area contributed by atoms with E-state index in [9.17, 15) is 0 Å². The van der Waals surface area contributed by atoms with E-state index in [0.717, 1.165) is 17.8 Å². The molecule has 0 bridgehead atoms. The molecule has 0 radical (unpaired) electrons. The lowest BCUT2D eigenvalue weighted by atomic mass is 10.2. The first-order valence-electron chi connectivity index (χ1n) is 4.93. The van der Waals surface area contributed by atoms with Crippen molar-refractivity contribution in [1.82, 2.24) is 0 Å². The zero-order valence-corrected chi connectivity index (χ0v) is 8.48. The van der Waals surface area contributed by atoms with Gasteiger partial charge in [-0.25, -0.2) is 0 Å². The van der Waals surface area contributed by atoms with Gasteiger partial charge in [0.05, 0.1) is 0 Å². The summed E-state index contributed by atoms with van der Waals surface area (Å²) in [5, 5.41) is 0. The van der Waals surface area contributed by atoms with Crippen molar-refractivity contribution in [3.05, 3.63) is 59.7 Å². The van der Waals surface area contributed by atoms with Crippen LogP contribution in [0, 0.1) is 0 Å². The van der Waals surface area contributed by atoms with Crippen LogP contribution >= 0.6 is 0 Å². The molecule has 76 valence electrons. The Balaban J connectivity index is 2.15. The van der Waals surface area contributed by atoms with E-state index in [1.165, 1.54) is 11.1 Å². The SMILES string of the molecule is Nc1ccc([13CH2]c2ccc(N)cc2)cc1. The number of hydrogen-bond acceptors (Lipinski definition) is 2. The van der Waals surface area contributed by atoms with Crippen molar-refractivity contribution in [3.63, 3.8) is 0 Å². The third-order valence-corrected chi connectivity index (χ3v) is 2.37. The Morgan fingerprint density at radius 1 is 0.600 bits per heavy atom. The third-order valence-electron chi connectivity index (χ3n) is 2.37. The molecule has 0 amide bonds. The van der Waals surface area contributed by atoms with Crippen LogP contribution in [-0.2, 0) is 6.42 Å². The van der Waals surface area contributed by atoms with Gasteiger partial charge in [-0.2, -0.15) is 0 Å². The van der Waals surface area contributed by atoms with Crippen molar-refractivity contribution in [2.75, 3.05) is 11.5 Å². The van der Waals surface area contributed by atoms with E-state index < -0.39 is 0 Å². The van der Waals surface area contributed by atoms with Gasteiger partial charge in [-0.1, -0.05) is 24.3 Å². The summed E-state index contributed by atoms with van der Waals surface area (Å²) in [6, 6.07) is 15.9. The second kappa shape index (κ2) is 4.05. The summed E-state index contributed by atoms with van der Waals surface area (Å²) in [7, 11) is 0. The number of anilines is 2. The largest absolute Gasteiger partial charge is 0.399 e. The maximum atomic E-state index is 5.62. The average molecular weight is 199 g/mol. The maximum Gasteiger partial charge on any atom is 0.0314 e. The maximum absolute atomic E-state index is 5.62. The fourth-order valence-electron chi connectivity index (χ4n) is 1.51. The Hall–Kier alpha value is -1.96. The zero-order valence-electron chi connectivity index (χ0n) is 8.48. The Morgan fingerprint density at radius 3 is 1.27 bits per heavy atom. The van der Waals surface area contributed by atoms with Crippen LogP contribution in [0.5, 0.6) is 0 Å². The standard InChI is InChI=1S/C13H14N2/c14-12-5-1-10(2-6-12)9-11-3-7-13(15)8-4-11/h1-8H,9,14-15H2/i9+1. The van der Waals surface area contributed by atoms with E-state index in [1.54, 1.807) is 0 Å². The lowest BCUT2D eigenvalue weighted by Gasteiger charge is -2.02. The molecule has 0 spiro atoms. The van der Waals surface area contributed by atoms with Gasteiger partial charge in [-0.3, -0.25) is 0 Å². The summed E-state index contributed by atoms with van der Waals surface area (Å²) in [5.74, 6) is 0. The van der Waals surface area contributed by atoms with Crippen molar-refractivity contribution in [2.24, 2.45) is 0 Å². The highest BCUT2D eigenvalue weighted by molar-refractivity contribution is 5.43. The fraction of sp³-hybridized carbons (Fsp3) is 0.0769. The summed E-state index contributed by atoms with van der Waals surface area (Å²) in [5.41, 5.74) is 15.4. The molecule has 0 saturated carbocycles. The smallest absolute Gasteiger partial charge is 0.0314 e. The van der Waals surface area contributed by atoms with Crippen LogP contribution < -0.4 is 11.5 Å². The number of nitrogens with two attached hydrogens (primary N) is 2. The Labute approximate surface area is 89.5 Å². The van der Waals surface area contributed by atoms with Crippen molar-refractivity contribution >= 4 is 11.4 Å². The highest BCUT2D eigenvalue weighted by Crippen LogP contribution is 2.13. The van der Waals surface area contributed by atoms with Gasteiger partial charge < -0.3 is 11.5 Å². The molecule has 2 aromatic carbocycles. The first kappa shape index (κ1) is 9.59. The lowest BCUT2D eigenvalue weighted by Crippen LogP contribution is -1.90. The quantitative estimate of drug-likeness (QED) is 0.576.